The van der Waals surface area contributed by atoms with Gasteiger partial charge in [0.2, 0.25) is 4.83 Å². The Hall–Kier alpha value is -1.36. The highest BCUT2D eigenvalue weighted by Gasteiger charge is 2.30. The van der Waals surface area contributed by atoms with Crippen LogP contribution in [0, 0.1) is 0 Å². The Labute approximate surface area is 121 Å². The van der Waals surface area contributed by atoms with Crippen molar-refractivity contribution in [3.8, 4) is 0 Å². The zero-order chi connectivity index (χ0) is 14.5. The summed E-state index contributed by atoms with van der Waals surface area (Å²) >= 11 is 2.99. The second kappa shape index (κ2) is 6.70. The molecule has 104 valence electrons. The van der Waals surface area contributed by atoms with Crippen molar-refractivity contribution in [3.05, 3.63) is 35.9 Å². The van der Waals surface area contributed by atoms with Crippen molar-refractivity contribution in [3.63, 3.8) is 0 Å². The summed E-state index contributed by atoms with van der Waals surface area (Å²) in [5.41, 5.74) is 0.225. The fourth-order valence-corrected chi connectivity index (χ4v) is 1.48. The molecule has 0 aliphatic carbocycles. The molecule has 5 heteroatoms. The van der Waals surface area contributed by atoms with Gasteiger partial charge in [-0.05, 0) is 26.3 Å². The molecule has 0 amide bonds. The molecule has 0 spiro atoms. The summed E-state index contributed by atoms with van der Waals surface area (Å²) in [6, 6.07) is 9.25. The van der Waals surface area contributed by atoms with Crippen LogP contribution in [0.25, 0.3) is 0 Å². The molecule has 1 aromatic rings. The van der Waals surface area contributed by atoms with E-state index in [1.165, 1.54) is 0 Å². The van der Waals surface area contributed by atoms with E-state index in [4.69, 9.17) is 9.47 Å². The van der Waals surface area contributed by atoms with Gasteiger partial charge < -0.3 is 9.47 Å². The van der Waals surface area contributed by atoms with Crippen molar-refractivity contribution in [1.29, 1.82) is 0 Å². The van der Waals surface area contributed by atoms with Crippen LogP contribution in [0.5, 0.6) is 0 Å². The highest BCUT2D eigenvalue weighted by molar-refractivity contribution is 9.10. The molecule has 0 N–H and O–H groups in total. The number of benzene rings is 1. The minimum Gasteiger partial charge on any atom is -0.460 e. The number of rotatable bonds is 4. The van der Waals surface area contributed by atoms with Crippen LogP contribution in [-0.2, 0) is 25.7 Å². The summed E-state index contributed by atoms with van der Waals surface area (Å²) in [4.78, 5) is 22.2. The third-order valence-corrected chi connectivity index (χ3v) is 2.79. The summed E-state index contributed by atoms with van der Waals surface area (Å²) in [7, 11) is 0. The van der Waals surface area contributed by atoms with Crippen LogP contribution < -0.4 is 0 Å². The Morgan fingerprint density at radius 3 is 2.26 bits per heavy atom. The normalized spacial score (nSPS) is 12.6. The van der Waals surface area contributed by atoms with Gasteiger partial charge in [0.15, 0.2) is 0 Å². The summed E-state index contributed by atoms with van der Waals surface area (Å²) in [5, 5.41) is 0. The third kappa shape index (κ3) is 5.87. The lowest BCUT2D eigenvalue weighted by molar-refractivity contribution is -0.160. The van der Waals surface area contributed by atoms with Gasteiger partial charge in [0.1, 0.15) is 12.2 Å². The van der Waals surface area contributed by atoms with Crippen LogP contribution >= 0.6 is 15.9 Å². The molecule has 0 aliphatic rings. The van der Waals surface area contributed by atoms with E-state index in [9.17, 15) is 9.59 Å². The molecule has 0 heterocycles. The number of alkyl halides is 1. The Morgan fingerprint density at radius 1 is 1.16 bits per heavy atom. The van der Waals surface area contributed by atoms with Crippen molar-refractivity contribution in [2.24, 2.45) is 0 Å². The van der Waals surface area contributed by atoms with E-state index in [2.05, 4.69) is 15.9 Å². The monoisotopic (exact) mass is 328 g/mol. The lowest BCUT2D eigenvalue weighted by atomic mass is 10.2. The van der Waals surface area contributed by atoms with Crippen molar-refractivity contribution < 1.29 is 19.1 Å². The van der Waals surface area contributed by atoms with Crippen LogP contribution in [0.2, 0.25) is 0 Å². The summed E-state index contributed by atoms with van der Waals surface area (Å²) in [6.07, 6.45) is 0. The summed E-state index contributed by atoms with van der Waals surface area (Å²) in [5.74, 6) is -1.30. The average Bonchev–Trinajstić information content (AvgIpc) is 2.34. The maximum absolute atomic E-state index is 11.7. The number of carbonyl (C=O) groups is 2. The minimum atomic E-state index is -1.10. The van der Waals surface area contributed by atoms with Crippen molar-refractivity contribution in [1.82, 2.24) is 0 Å². The summed E-state index contributed by atoms with van der Waals surface area (Å²) < 4.78 is 10.1. The van der Waals surface area contributed by atoms with Gasteiger partial charge in [-0.15, -0.1) is 0 Å². The third-order valence-electron chi connectivity index (χ3n) is 2.04. The number of halogens is 1. The molecule has 0 saturated carbocycles. The molecule has 19 heavy (non-hydrogen) atoms. The van der Waals surface area contributed by atoms with Crippen molar-refractivity contribution >= 4 is 27.9 Å². The first-order valence-electron chi connectivity index (χ1n) is 5.87. The first-order chi connectivity index (χ1) is 8.79. The molecule has 0 radical (unpaired) electrons. The molecule has 4 nitrogen and oxygen atoms in total. The lowest BCUT2D eigenvalue weighted by Crippen LogP contribution is -2.34. The molecule has 1 unspecified atom stereocenters. The van der Waals surface area contributed by atoms with Gasteiger partial charge in [-0.1, -0.05) is 46.3 Å². The number of ether oxygens (including phenoxy) is 2. The van der Waals surface area contributed by atoms with Gasteiger partial charge >= 0.3 is 11.9 Å². The number of hydrogen-bond donors (Lipinski definition) is 0. The predicted octanol–water partition coefficient (Wildman–Crippen LogP) is 2.84. The molecular weight excluding hydrogens is 312 g/mol. The van der Waals surface area contributed by atoms with E-state index in [-0.39, 0.29) is 6.61 Å². The van der Waals surface area contributed by atoms with Crippen LogP contribution in [0.3, 0.4) is 0 Å². The van der Waals surface area contributed by atoms with Crippen molar-refractivity contribution in [2.75, 3.05) is 0 Å². The van der Waals surface area contributed by atoms with E-state index in [0.717, 1.165) is 5.56 Å². The molecule has 0 bridgehead atoms. The van der Waals surface area contributed by atoms with E-state index in [0.29, 0.717) is 0 Å². The first kappa shape index (κ1) is 15.7. The van der Waals surface area contributed by atoms with Gasteiger partial charge in [-0.3, -0.25) is 9.59 Å². The Kier molecular flexibility index (Phi) is 5.54. The van der Waals surface area contributed by atoms with E-state index < -0.39 is 22.4 Å². The molecule has 1 aromatic carbocycles. The van der Waals surface area contributed by atoms with Crippen LogP contribution in [0.15, 0.2) is 30.3 Å². The SMILES string of the molecule is CC(C)(C)OC(=O)C(Br)C(=O)OCc1ccccc1. The second-order valence-electron chi connectivity index (χ2n) is 4.99. The smallest absolute Gasteiger partial charge is 0.331 e. The maximum Gasteiger partial charge on any atom is 0.331 e. The molecule has 0 saturated heterocycles. The van der Waals surface area contributed by atoms with Crippen LogP contribution in [0.1, 0.15) is 26.3 Å². The number of hydrogen-bond acceptors (Lipinski definition) is 4. The zero-order valence-electron chi connectivity index (χ0n) is 11.2. The molecular formula is C14H17BrO4. The first-order valence-corrected chi connectivity index (χ1v) is 6.78. The van der Waals surface area contributed by atoms with Crippen LogP contribution in [-0.4, -0.2) is 22.4 Å². The van der Waals surface area contributed by atoms with E-state index in [1.54, 1.807) is 20.8 Å². The molecule has 0 aromatic heterocycles. The zero-order valence-corrected chi connectivity index (χ0v) is 12.8. The van der Waals surface area contributed by atoms with Crippen molar-refractivity contribution in [2.45, 2.75) is 37.8 Å². The number of carbonyl (C=O) groups excluding carboxylic acids is 2. The molecule has 1 atom stereocenters. The molecule has 1 rings (SSSR count). The molecule has 0 aliphatic heterocycles. The second-order valence-corrected chi connectivity index (χ2v) is 5.91. The average molecular weight is 329 g/mol. The standard InChI is InChI=1S/C14H17BrO4/c1-14(2,3)19-13(17)11(15)12(16)18-9-10-7-5-4-6-8-10/h4-8,11H,9H2,1-3H3. The quantitative estimate of drug-likeness (QED) is 0.484. The van der Waals surface area contributed by atoms with E-state index in [1.807, 2.05) is 30.3 Å². The maximum atomic E-state index is 11.7. The van der Waals surface area contributed by atoms with Crippen LogP contribution in [0.4, 0.5) is 0 Å². The highest BCUT2D eigenvalue weighted by Crippen LogP contribution is 2.14. The van der Waals surface area contributed by atoms with Gasteiger partial charge in [-0.25, -0.2) is 0 Å². The topological polar surface area (TPSA) is 52.6 Å². The fraction of sp³-hybridized carbons (Fsp3) is 0.429. The molecule has 0 fully saturated rings. The van der Waals surface area contributed by atoms with Gasteiger partial charge in [0, 0.05) is 0 Å². The Morgan fingerprint density at radius 2 is 1.74 bits per heavy atom. The Balaban J connectivity index is 2.47. The highest BCUT2D eigenvalue weighted by atomic mass is 79.9. The number of esters is 2. The van der Waals surface area contributed by atoms with Gasteiger partial charge in [0.05, 0.1) is 0 Å². The fourth-order valence-electron chi connectivity index (χ4n) is 1.25. The summed E-state index contributed by atoms with van der Waals surface area (Å²) in [6.45, 7) is 5.34. The predicted molar refractivity (Wildman–Crippen MR) is 74.8 cm³/mol. The van der Waals surface area contributed by atoms with Gasteiger partial charge in [-0.2, -0.15) is 0 Å². The minimum absolute atomic E-state index is 0.130. The van der Waals surface area contributed by atoms with Gasteiger partial charge in [0.25, 0.3) is 0 Å². The Bertz CT molecular complexity index is 437. The lowest BCUT2D eigenvalue weighted by Gasteiger charge is -2.21. The largest absolute Gasteiger partial charge is 0.460 e. The van der Waals surface area contributed by atoms with E-state index >= 15 is 0 Å².